The zero-order chi connectivity index (χ0) is 12.1. The van der Waals surface area contributed by atoms with Crippen LogP contribution in [0.25, 0.3) is 0 Å². The summed E-state index contributed by atoms with van der Waals surface area (Å²) in [5.41, 5.74) is 0.466. The second-order valence-corrected chi connectivity index (χ2v) is 3.30. The lowest BCUT2D eigenvalue weighted by atomic mass is 10.3. The number of aryl methyl sites for hydroxylation is 1. The predicted molar refractivity (Wildman–Crippen MR) is 56.8 cm³/mol. The van der Waals surface area contributed by atoms with Crippen molar-refractivity contribution in [1.82, 2.24) is 14.7 Å². The number of hydrogen-bond donors (Lipinski definition) is 0. The molecule has 0 bridgehead atoms. The van der Waals surface area contributed by atoms with Gasteiger partial charge in [0.15, 0.2) is 0 Å². The van der Waals surface area contributed by atoms with Crippen molar-refractivity contribution in [2.45, 2.75) is 6.92 Å². The summed E-state index contributed by atoms with van der Waals surface area (Å²) in [6, 6.07) is 0. The molecule has 0 N–H and O–H groups in total. The van der Waals surface area contributed by atoms with Gasteiger partial charge >= 0.3 is 5.97 Å². The number of esters is 1. The lowest BCUT2D eigenvalue weighted by Gasteiger charge is -2.18. The van der Waals surface area contributed by atoms with E-state index in [1.807, 2.05) is 0 Å². The van der Waals surface area contributed by atoms with Gasteiger partial charge in [0.2, 0.25) is 0 Å². The number of nitrogens with zero attached hydrogens (tertiary/aromatic N) is 3. The van der Waals surface area contributed by atoms with Crippen molar-refractivity contribution in [2.75, 3.05) is 20.2 Å². The minimum absolute atomic E-state index is 0.0409. The van der Waals surface area contributed by atoms with E-state index in [0.717, 1.165) is 0 Å². The Hall–Kier alpha value is -1.85. The Balaban J connectivity index is 2.73. The molecule has 0 spiro atoms. The lowest BCUT2D eigenvalue weighted by molar-refractivity contribution is -0.141. The van der Waals surface area contributed by atoms with Crippen molar-refractivity contribution in [3.8, 4) is 0 Å². The number of rotatable bonds is 4. The molecular formula is C10H15N3O3. The molecule has 0 fully saturated rings. The van der Waals surface area contributed by atoms with E-state index in [4.69, 9.17) is 0 Å². The van der Waals surface area contributed by atoms with Crippen LogP contribution < -0.4 is 0 Å². The highest BCUT2D eigenvalue weighted by Gasteiger charge is 2.18. The maximum atomic E-state index is 11.9. The van der Waals surface area contributed by atoms with Gasteiger partial charge in [0.1, 0.15) is 6.54 Å². The van der Waals surface area contributed by atoms with E-state index in [-0.39, 0.29) is 12.5 Å². The highest BCUT2D eigenvalue weighted by molar-refractivity contribution is 5.95. The molecule has 0 unspecified atom stereocenters. The average Bonchev–Trinajstić information content (AvgIpc) is 2.71. The first-order chi connectivity index (χ1) is 7.58. The van der Waals surface area contributed by atoms with Gasteiger partial charge in [-0.1, -0.05) is 0 Å². The van der Waals surface area contributed by atoms with E-state index in [9.17, 15) is 9.59 Å². The summed E-state index contributed by atoms with van der Waals surface area (Å²) in [7, 11) is 3.03. The summed E-state index contributed by atoms with van der Waals surface area (Å²) < 4.78 is 6.06. The number of ether oxygens (including phenoxy) is 1. The Labute approximate surface area is 93.8 Å². The molecule has 0 radical (unpaired) electrons. The highest BCUT2D eigenvalue weighted by Crippen LogP contribution is 2.03. The van der Waals surface area contributed by atoms with Crippen molar-refractivity contribution >= 4 is 11.9 Å². The van der Waals surface area contributed by atoms with Crippen molar-refractivity contribution in [1.29, 1.82) is 0 Å². The molecule has 0 aromatic carbocycles. The molecule has 1 amide bonds. The monoisotopic (exact) mass is 225 g/mol. The molecular weight excluding hydrogens is 210 g/mol. The molecule has 0 aliphatic heterocycles. The van der Waals surface area contributed by atoms with E-state index in [2.05, 4.69) is 9.84 Å². The number of carbonyl (C=O) groups is 2. The van der Waals surface area contributed by atoms with Crippen LogP contribution in [0.3, 0.4) is 0 Å². The molecule has 0 aliphatic rings. The molecule has 88 valence electrons. The van der Waals surface area contributed by atoms with Crippen LogP contribution in [-0.2, 0) is 16.6 Å². The number of aromatic nitrogens is 2. The Kier molecular flexibility index (Phi) is 4.04. The first-order valence-corrected chi connectivity index (χ1v) is 4.93. The average molecular weight is 225 g/mol. The fourth-order valence-corrected chi connectivity index (χ4v) is 1.26. The minimum Gasteiger partial charge on any atom is -0.468 e. The molecule has 1 rings (SSSR count). The zero-order valence-electron chi connectivity index (χ0n) is 9.64. The Morgan fingerprint density at radius 1 is 1.56 bits per heavy atom. The molecule has 0 saturated heterocycles. The number of hydrogen-bond acceptors (Lipinski definition) is 4. The third-order valence-corrected chi connectivity index (χ3v) is 2.17. The topological polar surface area (TPSA) is 64.4 Å². The van der Waals surface area contributed by atoms with Crippen molar-refractivity contribution in [3.05, 3.63) is 18.0 Å². The molecule has 6 nitrogen and oxygen atoms in total. The van der Waals surface area contributed by atoms with Gasteiger partial charge in [-0.05, 0) is 6.92 Å². The molecule has 1 aromatic rings. The van der Waals surface area contributed by atoms with Gasteiger partial charge in [-0.15, -0.1) is 0 Å². The van der Waals surface area contributed by atoms with E-state index in [0.29, 0.717) is 12.1 Å². The normalized spacial score (nSPS) is 9.94. The van der Waals surface area contributed by atoms with Crippen molar-refractivity contribution < 1.29 is 14.3 Å². The zero-order valence-corrected chi connectivity index (χ0v) is 9.64. The van der Waals surface area contributed by atoms with Crippen LogP contribution in [0.15, 0.2) is 12.4 Å². The van der Waals surface area contributed by atoms with E-state index in [1.54, 1.807) is 24.9 Å². The lowest BCUT2D eigenvalue weighted by Crippen LogP contribution is -2.35. The number of methoxy groups -OCH3 is 1. The third kappa shape index (κ3) is 2.82. The largest absolute Gasteiger partial charge is 0.468 e. The molecule has 0 saturated carbocycles. The summed E-state index contributed by atoms with van der Waals surface area (Å²) >= 11 is 0. The molecule has 16 heavy (non-hydrogen) atoms. The van der Waals surface area contributed by atoms with Gasteiger partial charge in [0, 0.05) is 19.8 Å². The van der Waals surface area contributed by atoms with Crippen LogP contribution in [0.1, 0.15) is 17.3 Å². The van der Waals surface area contributed by atoms with Crippen LogP contribution >= 0.6 is 0 Å². The van der Waals surface area contributed by atoms with Gasteiger partial charge in [0.25, 0.3) is 5.91 Å². The standard InChI is InChI=1S/C10H15N3O3/c1-4-13(7-9(14)16-3)10(15)8-5-11-12(2)6-8/h5-6H,4,7H2,1-3H3. The summed E-state index contributed by atoms with van der Waals surface area (Å²) in [6.45, 7) is 2.21. The van der Waals surface area contributed by atoms with Gasteiger partial charge in [-0.3, -0.25) is 14.3 Å². The van der Waals surface area contributed by atoms with Crippen LogP contribution in [0.4, 0.5) is 0 Å². The van der Waals surface area contributed by atoms with Crippen molar-refractivity contribution in [2.24, 2.45) is 7.05 Å². The number of likely N-dealkylation sites (N-methyl/N-ethyl adjacent to an activating group) is 1. The molecule has 0 atom stereocenters. The Morgan fingerprint density at radius 2 is 2.25 bits per heavy atom. The number of carbonyl (C=O) groups excluding carboxylic acids is 2. The first kappa shape index (κ1) is 12.2. The minimum atomic E-state index is -0.431. The van der Waals surface area contributed by atoms with Crippen molar-refractivity contribution in [3.63, 3.8) is 0 Å². The van der Waals surface area contributed by atoms with Crippen LogP contribution in [0, 0.1) is 0 Å². The summed E-state index contributed by atoms with van der Waals surface area (Å²) in [6.07, 6.45) is 3.09. The third-order valence-electron chi connectivity index (χ3n) is 2.17. The number of amides is 1. The Morgan fingerprint density at radius 3 is 2.69 bits per heavy atom. The van der Waals surface area contributed by atoms with E-state index < -0.39 is 5.97 Å². The molecule has 6 heteroatoms. The van der Waals surface area contributed by atoms with Gasteiger partial charge in [-0.2, -0.15) is 5.10 Å². The summed E-state index contributed by atoms with van der Waals surface area (Å²) in [5, 5.41) is 3.91. The summed E-state index contributed by atoms with van der Waals surface area (Å²) in [4.78, 5) is 24.4. The van der Waals surface area contributed by atoms with Crippen LogP contribution in [-0.4, -0.2) is 46.8 Å². The summed E-state index contributed by atoms with van der Waals surface area (Å²) in [5.74, 6) is -0.653. The quantitative estimate of drug-likeness (QED) is 0.679. The highest BCUT2D eigenvalue weighted by atomic mass is 16.5. The van der Waals surface area contributed by atoms with Gasteiger partial charge in [-0.25, -0.2) is 0 Å². The fourth-order valence-electron chi connectivity index (χ4n) is 1.26. The van der Waals surface area contributed by atoms with E-state index in [1.165, 1.54) is 18.2 Å². The van der Waals surface area contributed by atoms with Crippen LogP contribution in [0.2, 0.25) is 0 Å². The maximum Gasteiger partial charge on any atom is 0.325 e. The van der Waals surface area contributed by atoms with E-state index >= 15 is 0 Å². The molecule has 1 aromatic heterocycles. The maximum absolute atomic E-state index is 11.9. The van der Waals surface area contributed by atoms with Gasteiger partial charge < -0.3 is 9.64 Å². The second-order valence-electron chi connectivity index (χ2n) is 3.30. The van der Waals surface area contributed by atoms with Crippen LogP contribution in [0.5, 0.6) is 0 Å². The molecule has 1 heterocycles. The molecule has 0 aliphatic carbocycles. The Bertz CT molecular complexity index is 386. The second kappa shape index (κ2) is 5.29. The SMILES string of the molecule is CCN(CC(=O)OC)C(=O)c1cnn(C)c1. The first-order valence-electron chi connectivity index (χ1n) is 4.93. The smallest absolute Gasteiger partial charge is 0.325 e. The van der Waals surface area contributed by atoms with Gasteiger partial charge in [0.05, 0.1) is 18.9 Å². The fraction of sp³-hybridized carbons (Fsp3) is 0.500. The predicted octanol–water partition coefficient (Wildman–Crippen LogP) is 0.0552.